The number of hydrogen-bond acceptors (Lipinski definition) is 3. The van der Waals surface area contributed by atoms with Gasteiger partial charge in [0.2, 0.25) is 10.0 Å². The smallest absolute Gasteiger partial charge is 0.214 e. The third-order valence-electron chi connectivity index (χ3n) is 3.44. The quantitative estimate of drug-likeness (QED) is 0.796. The first-order valence-electron chi connectivity index (χ1n) is 6.17. The maximum atomic E-state index is 11.7. The van der Waals surface area contributed by atoms with E-state index >= 15 is 0 Å². The van der Waals surface area contributed by atoms with Crippen LogP contribution in [0.15, 0.2) is 0 Å². The lowest BCUT2D eigenvalue weighted by Gasteiger charge is -2.30. The molecule has 0 radical (unpaired) electrons. The van der Waals surface area contributed by atoms with Gasteiger partial charge < -0.3 is 5.11 Å². The van der Waals surface area contributed by atoms with Gasteiger partial charge in [0.25, 0.3) is 0 Å². The lowest BCUT2D eigenvalue weighted by atomic mass is 9.96. The average Bonchev–Trinajstić information content (AvgIpc) is 2.23. The van der Waals surface area contributed by atoms with Crippen molar-refractivity contribution in [2.45, 2.75) is 45.6 Å². The van der Waals surface area contributed by atoms with Crippen LogP contribution in [0.25, 0.3) is 0 Å². The van der Waals surface area contributed by atoms with E-state index in [1.165, 1.54) is 4.31 Å². The zero-order valence-electron chi connectivity index (χ0n) is 10.2. The molecule has 1 unspecified atom stereocenters. The largest absolute Gasteiger partial charge is 0.391 e. The van der Waals surface area contributed by atoms with Gasteiger partial charge in [0.15, 0.2) is 0 Å². The Kier molecular flexibility index (Phi) is 5.21. The van der Waals surface area contributed by atoms with E-state index < -0.39 is 16.1 Å². The summed E-state index contributed by atoms with van der Waals surface area (Å²) in [7, 11) is -3.10. The van der Waals surface area contributed by atoms with Crippen LogP contribution in [0.4, 0.5) is 0 Å². The molecule has 0 aromatic heterocycles. The molecule has 0 aromatic rings. The summed E-state index contributed by atoms with van der Waals surface area (Å²) in [6.45, 7) is 4.90. The second-order valence-corrected chi connectivity index (χ2v) is 6.61. The topological polar surface area (TPSA) is 57.6 Å². The second-order valence-electron chi connectivity index (χ2n) is 4.53. The van der Waals surface area contributed by atoms with E-state index in [1.807, 2.05) is 13.8 Å². The second kappa shape index (κ2) is 5.98. The van der Waals surface area contributed by atoms with Gasteiger partial charge >= 0.3 is 0 Å². The molecule has 1 aliphatic heterocycles. The molecular weight excluding hydrogens is 226 g/mol. The number of nitrogens with zero attached hydrogens (tertiary/aromatic N) is 1. The summed E-state index contributed by atoms with van der Waals surface area (Å²) in [4.78, 5) is 0. The predicted octanol–water partition coefficient (Wildman–Crippen LogP) is 1.21. The average molecular weight is 249 g/mol. The van der Waals surface area contributed by atoms with Crippen molar-refractivity contribution in [2.24, 2.45) is 5.92 Å². The number of sulfonamides is 1. The zero-order valence-corrected chi connectivity index (χ0v) is 11.0. The van der Waals surface area contributed by atoms with Gasteiger partial charge in [0, 0.05) is 13.1 Å². The molecule has 1 atom stereocenters. The molecule has 1 N–H and O–H groups in total. The standard InChI is InChI=1S/C11H23NO3S/c1-3-10(4-2)11(13)9-12-7-5-6-8-16(12,14)15/h10-11,13H,3-9H2,1-2H3. The van der Waals surface area contributed by atoms with Crippen LogP contribution >= 0.6 is 0 Å². The summed E-state index contributed by atoms with van der Waals surface area (Å²) in [5.41, 5.74) is 0. The molecule has 1 aliphatic rings. The number of rotatable bonds is 5. The highest BCUT2D eigenvalue weighted by molar-refractivity contribution is 7.89. The molecule has 0 saturated carbocycles. The van der Waals surface area contributed by atoms with Crippen molar-refractivity contribution in [3.8, 4) is 0 Å². The first-order valence-corrected chi connectivity index (χ1v) is 7.78. The molecule has 0 aliphatic carbocycles. The van der Waals surface area contributed by atoms with E-state index in [0.717, 1.165) is 25.7 Å². The molecule has 0 amide bonds. The highest BCUT2D eigenvalue weighted by Crippen LogP contribution is 2.19. The highest BCUT2D eigenvalue weighted by atomic mass is 32.2. The Bertz CT molecular complexity index is 298. The molecule has 16 heavy (non-hydrogen) atoms. The Morgan fingerprint density at radius 1 is 1.25 bits per heavy atom. The molecule has 5 heteroatoms. The minimum atomic E-state index is -3.10. The minimum absolute atomic E-state index is 0.206. The van der Waals surface area contributed by atoms with Gasteiger partial charge in [-0.1, -0.05) is 26.7 Å². The van der Waals surface area contributed by atoms with E-state index in [2.05, 4.69) is 0 Å². The Balaban J connectivity index is 2.58. The third kappa shape index (κ3) is 3.43. The summed E-state index contributed by atoms with van der Waals surface area (Å²) in [5.74, 6) is 0.444. The molecule has 1 fully saturated rings. The monoisotopic (exact) mass is 249 g/mol. The molecule has 96 valence electrons. The van der Waals surface area contributed by atoms with Crippen molar-refractivity contribution >= 4 is 10.0 Å². The first kappa shape index (κ1) is 13.9. The van der Waals surface area contributed by atoms with Crippen LogP contribution in [0.3, 0.4) is 0 Å². The van der Waals surface area contributed by atoms with E-state index in [9.17, 15) is 13.5 Å². The molecule has 1 saturated heterocycles. The van der Waals surface area contributed by atoms with Crippen molar-refractivity contribution in [1.82, 2.24) is 4.31 Å². The Labute approximate surface area is 98.7 Å². The highest BCUT2D eigenvalue weighted by Gasteiger charge is 2.29. The van der Waals surface area contributed by atoms with E-state index in [1.54, 1.807) is 0 Å². The first-order chi connectivity index (χ1) is 7.51. The summed E-state index contributed by atoms with van der Waals surface area (Å²) in [6, 6.07) is 0. The zero-order chi connectivity index (χ0) is 12.2. The number of aliphatic hydroxyl groups is 1. The van der Waals surface area contributed by atoms with Gasteiger partial charge in [0.1, 0.15) is 0 Å². The van der Waals surface area contributed by atoms with Gasteiger partial charge in [0.05, 0.1) is 11.9 Å². The molecule has 1 rings (SSSR count). The lowest BCUT2D eigenvalue weighted by molar-refractivity contribution is 0.0812. The van der Waals surface area contributed by atoms with Crippen LogP contribution in [0, 0.1) is 5.92 Å². The van der Waals surface area contributed by atoms with Gasteiger partial charge in [-0.2, -0.15) is 4.31 Å². The summed E-state index contributed by atoms with van der Waals surface area (Å²) >= 11 is 0. The maximum Gasteiger partial charge on any atom is 0.214 e. The number of aliphatic hydroxyl groups excluding tert-OH is 1. The van der Waals surface area contributed by atoms with Gasteiger partial charge in [-0.05, 0) is 18.8 Å². The Hall–Kier alpha value is -0.130. The molecule has 0 aromatic carbocycles. The molecule has 1 heterocycles. The molecule has 4 nitrogen and oxygen atoms in total. The number of β-amino-alcohol motifs (C(OH)–C–C–N with tert-alkyl or cyclic N) is 1. The van der Waals surface area contributed by atoms with Crippen molar-refractivity contribution in [3.63, 3.8) is 0 Å². The van der Waals surface area contributed by atoms with Crippen molar-refractivity contribution < 1.29 is 13.5 Å². The fourth-order valence-electron chi connectivity index (χ4n) is 2.24. The number of hydrogen-bond donors (Lipinski definition) is 1. The fourth-order valence-corrected chi connectivity index (χ4v) is 3.85. The molecule has 0 spiro atoms. The predicted molar refractivity (Wildman–Crippen MR) is 64.7 cm³/mol. The van der Waals surface area contributed by atoms with E-state index in [4.69, 9.17) is 0 Å². The molecular formula is C11H23NO3S. The van der Waals surface area contributed by atoms with Crippen LogP contribution in [0.2, 0.25) is 0 Å². The fraction of sp³-hybridized carbons (Fsp3) is 1.00. The van der Waals surface area contributed by atoms with E-state index in [-0.39, 0.29) is 18.2 Å². The lowest BCUT2D eigenvalue weighted by Crippen LogP contribution is -2.44. The van der Waals surface area contributed by atoms with Crippen LogP contribution in [0.5, 0.6) is 0 Å². The third-order valence-corrected chi connectivity index (χ3v) is 5.36. The minimum Gasteiger partial charge on any atom is -0.391 e. The summed E-state index contributed by atoms with van der Waals surface area (Å²) in [6.07, 6.45) is 2.93. The summed E-state index contributed by atoms with van der Waals surface area (Å²) in [5, 5.41) is 9.99. The maximum absolute atomic E-state index is 11.7. The van der Waals surface area contributed by atoms with Crippen molar-refractivity contribution in [3.05, 3.63) is 0 Å². The van der Waals surface area contributed by atoms with Crippen LogP contribution in [-0.4, -0.2) is 42.8 Å². The Morgan fingerprint density at radius 2 is 1.88 bits per heavy atom. The normalized spacial score (nSPS) is 23.5. The van der Waals surface area contributed by atoms with Crippen LogP contribution in [-0.2, 0) is 10.0 Å². The summed E-state index contributed by atoms with van der Waals surface area (Å²) < 4.78 is 24.9. The van der Waals surface area contributed by atoms with Crippen LogP contribution in [0.1, 0.15) is 39.5 Å². The van der Waals surface area contributed by atoms with Crippen molar-refractivity contribution in [1.29, 1.82) is 0 Å². The van der Waals surface area contributed by atoms with Crippen molar-refractivity contribution in [2.75, 3.05) is 18.8 Å². The van der Waals surface area contributed by atoms with Crippen LogP contribution < -0.4 is 0 Å². The van der Waals surface area contributed by atoms with E-state index in [0.29, 0.717) is 6.54 Å². The van der Waals surface area contributed by atoms with Gasteiger partial charge in [-0.25, -0.2) is 8.42 Å². The van der Waals surface area contributed by atoms with Gasteiger partial charge in [-0.3, -0.25) is 0 Å². The molecule has 0 bridgehead atoms. The SMILES string of the molecule is CCC(CC)C(O)CN1CCCCS1(=O)=O. The Morgan fingerprint density at radius 3 is 2.38 bits per heavy atom. The van der Waals surface area contributed by atoms with Gasteiger partial charge in [-0.15, -0.1) is 0 Å².